The van der Waals surface area contributed by atoms with Gasteiger partial charge in [-0.3, -0.25) is 14.4 Å². The van der Waals surface area contributed by atoms with E-state index in [0.717, 1.165) is 11.1 Å². The fraction of sp³-hybridized carbons (Fsp3) is 0.486. The van der Waals surface area contributed by atoms with E-state index < -0.39 is 18.1 Å². The second kappa shape index (κ2) is 21.5. The van der Waals surface area contributed by atoms with Gasteiger partial charge in [0.05, 0.1) is 37.7 Å². The van der Waals surface area contributed by atoms with Crippen LogP contribution in [-0.4, -0.2) is 74.5 Å². The SMILES string of the molecule is O=C(C[C@H]1CC=CC[C@@H](Cc2ccccc2)C(=O)OC[C@H](CCCCNC(=O)OCc2ccccc2)NC1=O)NCCOCCO. The summed E-state index contributed by atoms with van der Waals surface area (Å²) in [6, 6.07) is 18.7. The molecule has 0 radical (unpaired) electrons. The van der Waals surface area contributed by atoms with Crippen LogP contribution in [0.15, 0.2) is 72.8 Å². The minimum absolute atomic E-state index is 0.00718. The lowest BCUT2D eigenvalue weighted by Gasteiger charge is -2.24. The summed E-state index contributed by atoms with van der Waals surface area (Å²) in [4.78, 5) is 51.2. The highest BCUT2D eigenvalue weighted by atomic mass is 16.5. The smallest absolute Gasteiger partial charge is 0.407 e. The lowest BCUT2D eigenvalue weighted by Crippen LogP contribution is -2.44. The number of esters is 1. The minimum Gasteiger partial charge on any atom is -0.463 e. The van der Waals surface area contributed by atoms with Gasteiger partial charge in [0.15, 0.2) is 0 Å². The Morgan fingerprint density at radius 3 is 2.28 bits per heavy atom. The highest BCUT2D eigenvalue weighted by Crippen LogP contribution is 2.19. The Kier molecular flexibility index (Phi) is 16.9. The molecule has 2 aromatic carbocycles. The van der Waals surface area contributed by atoms with Gasteiger partial charge in [0.1, 0.15) is 13.2 Å². The molecule has 0 fully saturated rings. The monoisotopic (exact) mass is 637 g/mol. The fourth-order valence-electron chi connectivity index (χ4n) is 4.99. The third kappa shape index (κ3) is 14.7. The number of unbranched alkanes of at least 4 members (excludes halogenated alkanes) is 1. The number of rotatable bonds is 16. The summed E-state index contributed by atoms with van der Waals surface area (Å²) in [6.45, 7) is 1.22. The Labute approximate surface area is 271 Å². The maximum atomic E-state index is 13.4. The molecule has 46 heavy (non-hydrogen) atoms. The number of ether oxygens (including phenoxy) is 3. The molecule has 3 amide bonds. The zero-order chi connectivity index (χ0) is 32.8. The van der Waals surface area contributed by atoms with E-state index in [-0.39, 0.29) is 69.7 Å². The Hall–Kier alpha value is -4.22. The first-order chi connectivity index (χ1) is 22.4. The van der Waals surface area contributed by atoms with Crippen LogP contribution >= 0.6 is 0 Å². The molecule has 0 spiro atoms. The van der Waals surface area contributed by atoms with Crippen molar-refractivity contribution in [3.63, 3.8) is 0 Å². The number of hydrogen-bond donors (Lipinski definition) is 4. The van der Waals surface area contributed by atoms with Crippen LogP contribution in [-0.2, 0) is 41.6 Å². The summed E-state index contributed by atoms with van der Waals surface area (Å²) >= 11 is 0. The molecular weight excluding hydrogens is 590 g/mol. The molecule has 3 atom stereocenters. The molecule has 0 unspecified atom stereocenters. The van der Waals surface area contributed by atoms with Gasteiger partial charge >= 0.3 is 12.1 Å². The van der Waals surface area contributed by atoms with Gasteiger partial charge in [-0.25, -0.2) is 4.79 Å². The Balaban J connectivity index is 1.56. The van der Waals surface area contributed by atoms with Crippen molar-refractivity contribution < 1.29 is 38.5 Å². The van der Waals surface area contributed by atoms with Crippen molar-refractivity contribution in [2.24, 2.45) is 11.8 Å². The summed E-state index contributed by atoms with van der Waals surface area (Å²) in [6.07, 6.45) is 6.33. The Bertz CT molecular complexity index is 1220. The van der Waals surface area contributed by atoms with Crippen LogP contribution in [0.1, 0.15) is 49.7 Å². The van der Waals surface area contributed by atoms with Crippen molar-refractivity contribution in [2.75, 3.05) is 39.5 Å². The third-order valence-electron chi connectivity index (χ3n) is 7.51. The molecule has 11 nitrogen and oxygen atoms in total. The number of amides is 3. The van der Waals surface area contributed by atoms with Gasteiger partial charge < -0.3 is 35.3 Å². The van der Waals surface area contributed by atoms with E-state index in [9.17, 15) is 19.2 Å². The van der Waals surface area contributed by atoms with E-state index in [2.05, 4.69) is 16.0 Å². The minimum atomic E-state index is -0.610. The number of benzene rings is 2. The highest BCUT2D eigenvalue weighted by Gasteiger charge is 2.26. The van der Waals surface area contributed by atoms with Crippen molar-refractivity contribution >= 4 is 23.9 Å². The van der Waals surface area contributed by atoms with Crippen molar-refractivity contribution in [1.29, 1.82) is 0 Å². The molecule has 0 aliphatic carbocycles. The van der Waals surface area contributed by atoms with Crippen LogP contribution in [0.4, 0.5) is 4.79 Å². The maximum absolute atomic E-state index is 13.4. The predicted octanol–water partition coefficient (Wildman–Crippen LogP) is 3.45. The van der Waals surface area contributed by atoms with Gasteiger partial charge in [0, 0.05) is 19.5 Å². The van der Waals surface area contributed by atoms with Gasteiger partial charge in [0.2, 0.25) is 11.8 Å². The lowest BCUT2D eigenvalue weighted by atomic mass is 9.94. The second-order valence-corrected chi connectivity index (χ2v) is 11.2. The molecule has 1 heterocycles. The molecule has 2 aromatic rings. The maximum Gasteiger partial charge on any atom is 0.407 e. The molecule has 11 heteroatoms. The molecule has 1 aliphatic rings. The summed E-state index contributed by atoms with van der Waals surface area (Å²) in [5.74, 6) is -1.89. The van der Waals surface area contributed by atoms with E-state index >= 15 is 0 Å². The first-order valence-corrected chi connectivity index (χ1v) is 16.0. The van der Waals surface area contributed by atoms with Gasteiger partial charge in [-0.1, -0.05) is 72.8 Å². The van der Waals surface area contributed by atoms with Gasteiger partial charge in [0.25, 0.3) is 0 Å². The van der Waals surface area contributed by atoms with Gasteiger partial charge in [-0.2, -0.15) is 0 Å². The van der Waals surface area contributed by atoms with Crippen LogP contribution < -0.4 is 16.0 Å². The number of aliphatic hydroxyl groups excluding tert-OH is 1. The van der Waals surface area contributed by atoms with Crippen LogP contribution in [0.3, 0.4) is 0 Å². The number of carbonyl (C=O) groups excluding carboxylic acids is 4. The first-order valence-electron chi connectivity index (χ1n) is 16.0. The number of carbonyl (C=O) groups is 4. The van der Waals surface area contributed by atoms with Crippen LogP contribution in [0.2, 0.25) is 0 Å². The standard InChI is InChI=1S/C35H47N3O8/c39-20-22-44-21-19-36-32(40)24-29-15-7-8-16-30(23-27-11-3-1-4-12-27)34(42)45-26-31(38-33(29)41)17-9-10-18-37-35(43)46-25-28-13-5-2-6-14-28/h1-8,11-14,29-31,39H,9-10,15-26H2,(H,36,40)(H,37,43)(H,38,41)/t29-,30+,31+/m1/s1. The van der Waals surface area contributed by atoms with E-state index in [0.29, 0.717) is 45.1 Å². The predicted molar refractivity (Wildman–Crippen MR) is 172 cm³/mol. The largest absolute Gasteiger partial charge is 0.463 e. The molecule has 4 N–H and O–H groups in total. The number of cyclic esters (lactones) is 1. The van der Waals surface area contributed by atoms with E-state index in [1.165, 1.54) is 0 Å². The first kappa shape index (κ1) is 36.3. The van der Waals surface area contributed by atoms with Crippen molar-refractivity contribution in [3.05, 3.63) is 83.9 Å². The highest BCUT2D eigenvalue weighted by molar-refractivity contribution is 5.86. The Morgan fingerprint density at radius 1 is 0.870 bits per heavy atom. The summed E-state index contributed by atoms with van der Waals surface area (Å²) < 4.78 is 16.2. The van der Waals surface area contributed by atoms with Crippen molar-refractivity contribution in [1.82, 2.24) is 16.0 Å². The number of aliphatic hydroxyl groups is 1. The molecule has 1 aliphatic heterocycles. The topological polar surface area (TPSA) is 152 Å². The van der Waals surface area contributed by atoms with Crippen molar-refractivity contribution in [2.45, 2.75) is 57.6 Å². The number of hydrogen-bond acceptors (Lipinski definition) is 8. The fourth-order valence-corrected chi connectivity index (χ4v) is 4.99. The second-order valence-electron chi connectivity index (χ2n) is 11.2. The van der Waals surface area contributed by atoms with E-state index in [4.69, 9.17) is 19.3 Å². The molecule has 0 saturated carbocycles. The van der Waals surface area contributed by atoms with Crippen LogP contribution in [0.5, 0.6) is 0 Å². The summed E-state index contributed by atoms with van der Waals surface area (Å²) in [5, 5.41) is 17.3. The molecule has 250 valence electrons. The molecule has 0 aromatic heterocycles. The Morgan fingerprint density at radius 2 is 1.57 bits per heavy atom. The quantitative estimate of drug-likeness (QED) is 0.124. The third-order valence-corrected chi connectivity index (χ3v) is 7.51. The molecule has 0 saturated heterocycles. The molecule has 3 rings (SSSR count). The van der Waals surface area contributed by atoms with E-state index in [1.54, 1.807) is 0 Å². The van der Waals surface area contributed by atoms with Gasteiger partial charge in [-0.15, -0.1) is 0 Å². The number of alkyl carbamates (subject to hydrolysis) is 1. The van der Waals surface area contributed by atoms with Gasteiger partial charge in [-0.05, 0) is 49.7 Å². The average Bonchev–Trinajstić information content (AvgIpc) is 3.06. The lowest BCUT2D eigenvalue weighted by molar-refractivity contribution is -0.150. The van der Waals surface area contributed by atoms with Crippen LogP contribution in [0, 0.1) is 11.8 Å². The van der Waals surface area contributed by atoms with E-state index in [1.807, 2.05) is 72.8 Å². The normalized spacial score (nSPS) is 18.8. The van der Waals surface area contributed by atoms with Crippen molar-refractivity contribution in [3.8, 4) is 0 Å². The zero-order valence-corrected chi connectivity index (χ0v) is 26.4. The molecular formula is C35H47N3O8. The summed E-state index contributed by atoms with van der Waals surface area (Å²) in [7, 11) is 0. The zero-order valence-electron chi connectivity index (χ0n) is 26.4. The summed E-state index contributed by atoms with van der Waals surface area (Å²) in [5.41, 5.74) is 1.93. The number of nitrogens with one attached hydrogen (secondary N) is 3. The van der Waals surface area contributed by atoms with Crippen LogP contribution in [0.25, 0.3) is 0 Å². The molecule has 0 bridgehead atoms. The average molecular weight is 638 g/mol. The number of allylic oxidation sites excluding steroid dienone is 2.